The van der Waals surface area contributed by atoms with Gasteiger partial charge in [-0.25, -0.2) is 14.3 Å². The van der Waals surface area contributed by atoms with Crippen molar-refractivity contribution < 1.29 is 4.42 Å². The molecule has 0 spiro atoms. The van der Waals surface area contributed by atoms with Crippen molar-refractivity contribution in [2.24, 2.45) is 0 Å². The van der Waals surface area contributed by atoms with Gasteiger partial charge in [-0.1, -0.05) is 53.7 Å². The highest BCUT2D eigenvalue weighted by Crippen LogP contribution is 2.27. The lowest BCUT2D eigenvalue weighted by Gasteiger charge is -2.08. The molecule has 0 fully saturated rings. The van der Waals surface area contributed by atoms with E-state index in [1.54, 1.807) is 10.9 Å². The Bertz CT molecular complexity index is 1760. The van der Waals surface area contributed by atoms with Gasteiger partial charge in [-0.3, -0.25) is 4.57 Å². The third-order valence-corrected chi connectivity index (χ3v) is 5.70. The maximum absolute atomic E-state index is 12.7. The molecular weight excluding hydrogens is 432 g/mol. The highest BCUT2D eigenvalue weighted by Gasteiger charge is 2.13. The minimum Gasteiger partial charge on any atom is -0.423 e. The fraction of sp³-hybridized carbons (Fsp3) is 0.0800. The van der Waals surface area contributed by atoms with Gasteiger partial charge in [-0.2, -0.15) is 9.78 Å². The van der Waals surface area contributed by atoms with Crippen LogP contribution < -0.4 is 11.3 Å². The van der Waals surface area contributed by atoms with Crippen LogP contribution in [0.15, 0.2) is 99.3 Å². The minimum atomic E-state index is -0.419. The number of aromatic nitrogens is 6. The Morgan fingerprint density at radius 3 is 2.59 bits per heavy atom. The maximum atomic E-state index is 12.7. The molecule has 3 heterocycles. The first kappa shape index (κ1) is 19.9. The van der Waals surface area contributed by atoms with E-state index in [0.717, 1.165) is 21.7 Å². The first-order valence-electron chi connectivity index (χ1n) is 10.7. The van der Waals surface area contributed by atoms with Gasteiger partial charge in [-0.15, -0.1) is 5.10 Å². The van der Waals surface area contributed by atoms with Crippen LogP contribution in [0.25, 0.3) is 27.4 Å². The summed E-state index contributed by atoms with van der Waals surface area (Å²) in [7, 11) is 0. The van der Waals surface area contributed by atoms with E-state index in [0.29, 0.717) is 23.5 Å². The number of fused-ring (bicyclic) bond motifs is 3. The average Bonchev–Trinajstić information content (AvgIpc) is 3.45. The van der Waals surface area contributed by atoms with Gasteiger partial charge in [0.25, 0.3) is 0 Å². The second kappa shape index (κ2) is 7.96. The summed E-state index contributed by atoms with van der Waals surface area (Å²) in [6, 6.07) is 22.4. The summed E-state index contributed by atoms with van der Waals surface area (Å²) in [6.45, 7) is 0.563. The van der Waals surface area contributed by atoms with Crippen LogP contribution in [0.5, 0.6) is 0 Å². The Morgan fingerprint density at radius 1 is 0.882 bits per heavy atom. The SMILES string of the molecule is O=c1cc(Cn2cc(Cn3cnn(-c4ccccc4)c3=O)nn2)c2c(ccc3ccccc32)o1. The summed E-state index contributed by atoms with van der Waals surface area (Å²) in [5.74, 6) is 0. The lowest BCUT2D eigenvalue weighted by Crippen LogP contribution is -2.24. The molecule has 0 aliphatic heterocycles. The van der Waals surface area contributed by atoms with Crippen molar-refractivity contribution in [1.29, 1.82) is 0 Å². The van der Waals surface area contributed by atoms with Crippen molar-refractivity contribution in [1.82, 2.24) is 29.3 Å². The van der Waals surface area contributed by atoms with Gasteiger partial charge in [0.15, 0.2) is 0 Å². The standard InChI is InChI=1S/C25H18N6O3/c32-23-12-18(24-21-9-5-4-6-17(21)10-11-22(24)34-23)13-30-15-19(27-28-30)14-29-16-26-31(25(29)33)20-7-2-1-3-8-20/h1-12,15-16H,13-14H2. The second-order valence-electron chi connectivity index (χ2n) is 7.95. The first-order valence-corrected chi connectivity index (χ1v) is 10.7. The predicted octanol–water partition coefficient (Wildman–Crippen LogP) is 2.98. The molecule has 0 amide bonds. The quantitative estimate of drug-likeness (QED) is 0.296. The van der Waals surface area contributed by atoms with E-state index in [1.807, 2.05) is 66.7 Å². The predicted molar refractivity (Wildman–Crippen MR) is 126 cm³/mol. The molecule has 0 saturated carbocycles. The average molecular weight is 450 g/mol. The Hall–Kier alpha value is -4.79. The highest BCUT2D eigenvalue weighted by molar-refractivity contribution is 6.07. The molecule has 9 nitrogen and oxygen atoms in total. The Balaban J connectivity index is 1.32. The van der Waals surface area contributed by atoms with Crippen LogP contribution in [0, 0.1) is 0 Å². The largest absolute Gasteiger partial charge is 0.423 e. The Labute approximate surface area is 192 Å². The van der Waals surface area contributed by atoms with Crippen molar-refractivity contribution in [2.75, 3.05) is 0 Å². The summed E-state index contributed by atoms with van der Waals surface area (Å²) in [4.78, 5) is 24.9. The zero-order valence-electron chi connectivity index (χ0n) is 17.9. The molecule has 6 rings (SSSR count). The smallest absolute Gasteiger partial charge is 0.350 e. The molecule has 0 bridgehead atoms. The summed E-state index contributed by atoms with van der Waals surface area (Å²) < 4.78 is 9.90. The number of para-hydroxylation sites is 1. The number of hydrogen-bond donors (Lipinski definition) is 0. The lowest BCUT2D eigenvalue weighted by molar-refractivity contribution is 0.556. The number of rotatable bonds is 5. The molecule has 0 radical (unpaired) electrons. The van der Waals surface area contributed by atoms with Crippen LogP contribution in [-0.2, 0) is 13.1 Å². The van der Waals surface area contributed by atoms with E-state index < -0.39 is 5.63 Å². The molecule has 0 unspecified atom stereocenters. The van der Waals surface area contributed by atoms with Crippen LogP contribution >= 0.6 is 0 Å². The Kier molecular flexibility index (Phi) is 4.65. The van der Waals surface area contributed by atoms with Crippen molar-refractivity contribution in [3.63, 3.8) is 0 Å². The van der Waals surface area contributed by atoms with Crippen molar-refractivity contribution in [3.05, 3.63) is 117 Å². The van der Waals surface area contributed by atoms with Gasteiger partial charge in [0, 0.05) is 11.5 Å². The van der Waals surface area contributed by atoms with E-state index in [9.17, 15) is 9.59 Å². The Morgan fingerprint density at radius 2 is 1.71 bits per heavy atom. The van der Waals surface area contributed by atoms with Gasteiger partial charge in [0.2, 0.25) is 0 Å². The van der Waals surface area contributed by atoms with E-state index in [-0.39, 0.29) is 12.2 Å². The molecule has 3 aromatic heterocycles. The van der Waals surface area contributed by atoms with Crippen molar-refractivity contribution in [3.8, 4) is 5.69 Å². The topological polar surface area (TPSA) is 101 Å². The highest BCUT2D eigenvalue weighted by atomic mass is 16.4. The summed E-state index contributed by atoms with van der Waals surface area (Å²) in [6.07, 6.45) is 3.24. The van der Waals surface area contributed by atoms with Gasteiger partial charge in [0.05, 0.1) is 25.0 Å². The molecule has 166 valence electrons. The molecule has 0 N–H and O–H groups in total. The lowest BCUT2D eigenvalue weighted by atomic mass is 10.0. The molecule has 3 aromatic carbocycles. The van der Waals surface area contributed by atoms with Gasteiger partial charge < -0.3 is 4.42 Å². The molecule has 9 heteroatoms. The van der Waals surface area contributed by atoms with Crippen LogP contribution in [0.2, 0.25) is 0 Å². The number of benzene rings is 3. The van der Waals surface area contributed by atoms with Crippen LogP contribution in [0.1, 0.15) is 11.3 Å². The summed E-state index contributed by atoms with van der Waals surface area (Å²) in [5, 5.41) is 15.5. The molecule has 0 atom stereocenters. The van der Waals surface area contributed by atoms with Gasteiger partial charge in [0.1, 0.15) is 17.6 Å². The maximum Gasteiger partial charge on any atom is 0.350 e. The normalized spacial score (nSPS) is 11.4. The zero-order valence-corrected chi connectivity index (χ0v) is 17.9. The number of hydrogen-bond acceptors (Lipinski definition) is 6. The molecular formula is C25H18N6O3. The van der Waals surface area contributed by atoms with E-state index in [2.05, 4.69) is 15.4 Å². The molecule has 0 aliphatic carbocycles. The second-order valence-corrected chi connectivity index (χ2v) is 7.95. The monoisotopic (exact) mass is 450 g/mol. The van der Waals surface area contributed by atoms with Gasteiger partial charge in [-0.05, 0) is 34.5 Å². The fourth-order valence-electron chi connectivity index (χ4n) is 4.17. The third-order valence-electron chi connectivity index (χ3n) is 5.70. The molecule has 0 aliphatic rings. The fourth-order valence-corrected chi connectivity index (χ4v) is 4.17. The van der Waals surface area contributed by atoms with Crippen molar-refractivity contribution >= 4 is 21.7 Å². The van der Waals surface area contributed by atoms with E-state index >= 15 is 0 Å². The minimum absolute atomic E-state index is 0.228. The van der Waals surface area contributed by atoms with Crippen LogP contribution in [0.3, 0.4) is 0 Å². The summed E-state index contributed by atoms with van der Waals surface area (Å²) in [5.41, 5.74) is 1.93. The van der Waals surface area contributed by atoms with E-state index in [1.165, 1.54) is 21.6 Å². The number of nitrogens with zero attached hydrogens (tertiary/aromatic N) is 6. The molecule has 6 aromatic rings. The van der Waals surface area contributed by atoms with E-state index in [4.69, 9.17) is 4.42 Å². The van der Waals surface area contributed by atoms with Gasteiger partial charge >= 0.3 is 11.3 Å². The van der Waals surface area contributed by atoms with Crippen LogP contribution in [-0.4, -0.2) is 29.3 Å². The zero-order chi connectivity index (χ0) is 23.1. The summed E-state index contributed by atoms with van der Waals surface area (Å²) >= 11 is 0. The molecule has 0 saturated heterocycles. The first-order chi connectivity index (χ1) is 16.7. The van der Waals surface area contributed by atoms with Crippen molar-refractivity contribution in [2.45, 2.75) is 13.1 Å². The molecule has 34 heavy (non-hydrogen) atoms. The van der Waals surface area contributed by atoms with Crippen LogP contribution in [0.4, 0.5) is 0 Å². The third kappa shape index (κ3) is 3.49.